The van der Waals surface area contributed by atoms with E-state index in [0.29, 0.717) is 38.6 Å². The highest BCUT2D eigenvalue weighted by molar-refractivity contribution is 5.75. The van der Waals surface area contributed by atoms with Gasteiger partial charge in [-0.15, -0.1) is 0 Å². The van der Waals surface area contributed by atoms with Gasteiger partial charge in [0.05, 0.1) is 12.2 Å². The fraction of sp³-hybridized carbons (Fsp3) is 0.571. The van der Waals surface area contributed by atoms with Crippen molar-refractivity contribution in [2.45, 2.75) is 83.5 Å². The molecule has 6 nitrogen and oxygen atoms in total. The second kappa shape index (κ2) is 15.5. The molecular weight excluding hydrogens is 430 g/mol. The molecule has 1 saturated carbocycles. The van der Waals surface area contributed by atoms with E-state index in [-0.39, 0.29) is 23.7 Å². The molecule has 0 unspecified atom stereocenters. The van der Waals surface area contributed by atoms with Gasteiger partial charge in [0.1, 0.15) is 6.10 Å². The van der Waals surface area contributed by atoms with Crippen LogP contribution in [0.2, 0.25) is 0 Å². The van der Waals surface area contributed by atoms with Gasteiger partial charge in [-0.05, 0) is 50.5 Å². The number of benzene rings is 1. The van der Waals surface area contributed by atoms with Crippen LogP contribution in [0.3, 0.4) is 0 Å². The molecule has 1 aromatic carbocycles. The quantitative estimate of drug-likeness (QED) is 0.216. The first-order valence-corrected chi connectivity index (χ1v) is 12.6. The van der Waals surface area contributed by atoms with Crippen LogP contribution in [0.4, 0.5) is 0 Å². The summed E-state index contributed by atoms with van der Waals surface area (Å²) in [5.74, 6) is -0.454. The van der Waals surface area contributed by atoms with Crippen LogP contribution in [0.1, 0.15) is 64.4 Å². The Morgan fingerprint density at radius 1 is 1.21 bits per heavy atom. The van der Waals surface area contributed by atoms with Crippen LogP contribution in [-0.2, 0) is 20.7 Å². The summed E-state index contributed by atoms with van der Waals surface area (Å²) < 4.78 is 5.63. The topological polar surface area (TPSA) is 95.9 Å². The zero-order valence-electron chi connectivity index (χ0n) is 20.6. The number of carbonyl (C=O) groups excluding carboxylic acids is 2. The number of hydrogen-bond acceptors (Lipinski definition) is 5. The second-order valence-electron chi connectivity index (χ2n) is 8.96. The summed E-state index contributed by atoms with van der Waals surface area (Å²) in [6, 6.07) is 10.0. The van der Waals surface area contributed by atoms with Gasteiger partial charge in [0.25, 0.3) is 0 Å². The average molecular weight is 472 g/mol. The van der Waals surface area contributed by atoms with E-state index in [0.717, 1.165) is 19.3 Å². The first kappa shape index (κ1) is 27.8. The summed E-state index contributed by atoms with van der Waals surface area (Å²) in [5, 5.41) is 24.0. The highest BCUT2D eigenvalue weighted by Gasteiger charge is 2.42. The zero-order chi connectivity index (χ0) is 24.8. The van der Waals surface area contributed by atoms with Crippen molar-refractivity contribution in [2.24, 2.45) is 11.8 Å². The van der Waals surface area contributed by atoms with Crippen LogP contribution < -0.4 is 5.32 Å². The van der Waals surface area contributed by atoms with E-state index in [2.05, 4.69) is 5.32 Å². The smallest absolute Gasteiger partial charge is 0.305 e. The molecule has 1 aromatic rings. The average Bonchev–Trinajstić information content (AvgIpc) is 3.12. The second-order valence-corrected chi connectivity index (χ2v) is 8.96. The van der Waals surface area contributed by atoms with Crippen molar-refractivity contribution in [3.05, 3.63) is 60.2 Å². The minimum absolute atomic E-state index is 0.0683. The maximum Gasteiger partial charge on any atom is 0.305 e. The Kier molecular flexibility index (Phi) is 12.6. The lowest BCUT2D eigenvalue weighted by atomic mass is 9.89. The van der Waals surface area contributed by atoms with Gasteiger partial charge in [0.15, 0.2) is 0 Å². The SMILES string of the molecule is CCNC(=O)CCC/C=C\C[C@@H]1[C@@H](/C=C/[C@@H](O)CCc2ccccc2)[C@H](OC(=O)CC)C[C@@H]1O. The van der Waals surface area contributed by atoms with Crippen molar-refractivity contribution in [3.63, 3.8) is 0 Å². The Labute approximate surface area is 204 Å². The molecule has 1 fully saturated rings. The molecule has 1 aliphatic carbocycles. The number of aliphatic hydroxyl groups excluding tert-OH is 2. The summed E-state index contributed by atoms with van der Waals surface area (Å²) in [5.41, 5.74) is 1.18. The number of aliphatic hydroxyl groups is 2. The summed E-state index contributed by atoms with van der Waals surface area (Å²) in [6.07, 6.45) is 11.0. The zero-order valence-corrected chi connectivity index (χ0v) is 20.6. The number of nitrogens with one attached hydrogen (secondary N) is 1. The van der Waals surface area contributed by atoms with Gasteiger partial charge in [-0.3, -0.25) is 9.59 Å². The lowest BCUT2D eigenvalue weighted by Crippen LogP contribution is -2.24. The van der Waals surface area contributed by atoms with Crippen molar-refractivity contribution < 1.29 is 24.5 Å². The summed E-state index contributed by atoms with van der Waals surface area (Å²) in [4.78, 5) is 23.5. The summed E-state index contributed by atoms with van der Waals surface area (Å²) in [6.45, 7) is 4.31. The molecule has 0 saturated heterocycles. The van der Waals surface area contributed by atoms with E-state index in [1.807, 2.05) is 55.5 Å². The first-order valence-electron chi connectivity index (χ1n) is 12.6. The third-order valence-corrected chi connectivity index (χ3v) is 6.31. The number of unbranched alkanes of at least 4 members (excludes halogenated alkanes) is 1. The summed E-state index contributed by atoms with van der Waals surface area (Å²) >= 11 is 0. The molecule has 6 heteroatoms. The van der Waals surface area contributed by atoms with E-state index in [1.165, 1.54) is 5.56 Å². The first-order chi connectivity index (χ1) is 16.4. The summed E-state index contributed by atoms with van der Waals surface area (Å²) in [7, 11) is 0. The molecule has 1 aliphatic rings. The molecule has 0 heterocycles. The number of aryl methyl sites for hydroxylation is 1. The molecule has 34 heavy (non-hydrogen) atoms. The Hall–Kier alpha value is -2.44. The molecule has 5 atom stereocenters. The van der Waals surface area contributed by atoms with E-state index >= 15 is 0 Å². The minimum atomic E-state index is -0.606. The Morgan fingerprint density at radius 2 is 1.97 bits per heavy atom. The molecule has 0 aromatic heterocycles. The Morgan fingerprint density at radius 3 is 2.68 bits per heavy atom. The number of amides is 1. The molecule has 0 aliphatic heterocycles. The number of rotatable bonds is 14. The largest absolute Gasteiger partial charge is 0.462 e. The lowest BCUT2D eigenvalue weighted by Gasteiger charge is -2.22. The Bertz CT molecular complexity index is 791. The van der Waals surface area contributed by atoms with Crippen molar-refractivity contribution in [1.29, 1.82) is 0 Å². The van der Waals surface area contributed by atoms with Gasteiger partial charge in [-0.2, -0.15) is 0 Å². The molecule has 0 radical (unpaired) electrons. The highest BCUT2D eigenvalue weighted by Crippen LogP contribution is 2.38. The molecular formula is C28H41NO5. The maximum atomic E-state index is 11.9. The van der Waals surface area contributed by atoms with Gasteiger partial charge in [0, 0.05) is 31.7 Å². The maximum absolute atomic E-state index is 11.9. The number of carbonyl (C=O) groups is 2. The predicted octanol–water partition coefficient (Wildman–Crippen LogP) is 4.11. The van der Waals surface area contributed by atoms with Gasteiger partial charge in [-0.1, -0.05) is 61.6 Å². The standard InChI is InChI=1S/C28H41NO5/c1-3-28(33)34-26-20-25(31)23(14-10-5-6-11-15-27(32)29-4-2)24(26)19-18-22(30)17-16-21-12-8-7-9-13-21/h5,7-10,12-13,18-19,22-26,30-31H,3-4,6,11,14-17,20H2,1-2H3,(H,29,32)/b10-5-,19-18+/t22-,23+,24+,25-,26+/m0/s1. The van der Waals surface area contributed by atoms with Crippen molar-refractivity contribution in [2.75, 3.05) is 6.54 Å². The lowest BCUT2D eigenvalue weighted by molar-refractivity contribution is -0.150. The fourth-order valence-corrected chi connectivity index (χ4v) is 4.41. The van der Waals surface area contributed by atoms with Crippen molar-refractivity contribution >= 4 is 11.9 Å². The normalized spacial score (nSPS) is 23.4. The molecule has 0 bridgehead atoms. The van der Waals surface area contributed by atoms with Crippen LogP contribution in [-0.4, -0.2) is 46.9 Å². The predicted molar refractivity (Wildman–Crippen MR) is 134 cm³/mol. The Balaban J connectivity index is 1.94. The molecule has 1 amide bonds. The van der Waals surface area contributed by atoms with Crippen LogP contribution in [0.25, 0.3) is 0 Å². The van der Waals surface area contributed by atoms with Gasteiger partial charge in [0.2, 0.25) is 5.91 Å². The fourth-order valence-electron chi connectivity index (χ4n) is 4.41. The van der Waals surface area contributed by atoms with Crippen LogP contribution in [0.15, 0.2) is 54.6 Å². The van der Waals surface area contributed by atoms with Gasteiger partial charge in [-0.25, -0.2) is 0 Å². The molecule has 0 spiro atoms. The molecule has 3 N–H and O–H groups in total. The minimum Gasteiger partial charge on any atom is -0.462 e. The van der Waals surface area contributed by atoms with E-state index in [4.69, 9.17) is 4.74 Å². The van der Waals surface area contributed by atoms with Crippen LogP contribution in [0, 0.1) is 11.8 Å². The number of ether oxygens (including phenoxy) is 1. The van der Waals surface area contributed by atoms with E-state index < -0.39 is 18.3 Å². The highest BCUT2D eigenvalue weighted by atomic mass is 16.5. The van der Waals surface area contributed by atoms with E-state index in [1.54, 1.807) is 13.0 Å². The number of hydrogen-bond donors (Lipinski definition) is 3. The van der Waals surface area contributed by atoms with Crippen LogP contribution in [0.5, 0.6) is 0 Å². The van der Waals surface area contributed by atoms with Gasteiger partial charge < -0.3 is 20.3 Å². The van der Waals surface area contributed by atoms with Gasteiger partial charge >= 0.3 is 5.97 Å². The number of allylic oxidation sites excluding steroid dienone is 2. The molecule has 188 valence electrons. The van der Waals surface area contributed by atoms with Crippen molar-refractivity contribution in [3.8, 4) is 0 Å². The number of esters is 1. The van der Waals surface area contributed by atoms with Crippen LogP contribution >= 0.6 is 0 Å². The van der Waals surface area contributed by atoms with Crippen molar-refractivity contribution in [1.82, 2.24) is 5.32 Å². The van der Waals surface area contributed by atoms with E-state index in [9.17, 15) is 19.8 Å². The monoisotopic (exact) mass is 471 g/mol. The third-order valence-electron chi connectivity index (χ3n) is 6.31. The third kappa shape index (κ3) is 9.82. The molecule has 2 rings (SSSR count).